The van der Waals surface area contributed by atoms with E-state index in [4.69, 9.17) is 0 Å². The fourth-order valence-electron chi connectivity index (χ4n) is 7.92. The summed E-state index contributed by atoms with van der Waals surface area (Å²) in [5, 5.41) is 14.2. The van der Waals surface area contributed by atoms with E-state index in [1.165, 1.54) is 43.9 Å². The van der Waals surface area contributed by atoms with Gasteiger partial charge in [0.2, 0.25) is 5.91 Å². The second kappa shape index (κ2) is 13.6. The molecule has 6 aromatic rings. The summed E-state index contributed by atoms with van der Waals surface area (Å²) in [5.74, 6) is -5.71. The Morgan fingerprint density at radius 2 is 1.73 bits per heavy atom. The molecule has 1 aromatic carbocycles. The molecule has 1 fully saturated rings. The molecule has 308 valence electrons. The Hall–Kier alpha value is -6.41. The lowest BCUT2D eigenvalue weighted by Gasteiger charge is -2.38. The lowest BCUT2D eigenvalue weighted by Crippen LogP contribution is -2.59. The van der Waals surface area contributed by atoms with Crippen LogP contribution in [0.25, 0.3) is 33.5 Å². The van der Waals surface area contributed by atoms with E-state index in [2.05, 4.69) is 25.6 Å². The van der Waals surface area contributed by atoms with Crippen LogP contribution in [0, 0.1) is 17.5 Å². The van der Waals surface area contributed by atoms with Crippen LogP contribution >= 0.6 is 0 Å². The van der Waals surface area contributed by atoms with Gasteiger partial charge in [0.1, 0.15) is 22.6 Å². The van der Waals surface area contributed by atoms with Crippen molar-refractivity contribution >= 4 is 22.8 Å². The van der Waals surface area contributed by atoms with Crippen molar-refractivity contribution in [3.05, 3.63) is 105 Å². The van der Waals surface area contributed by atoms with Gasteiger partial charge in [0.05, 0.1) is 41.3 Å². The number of hydrogen-bond donors (Lipinski definition) is 1. The Balaban J connectivity index is 1.16. The number of halogens is 8. The van der Waals surface area contributed by atoms with Crippen LogP contribution in [-0.2, 0) is 38.0 Å². The smallest absolute Gasteiger partial charge is 0.347 e. The topological polar surface area (TPSA) is 138 Å². The molecule has 8 rings (SSSR count). The summed E-state index contributed by atoms with van der Waals surface area (Å²) in [5.41, 5.74) is -5.52. The second-order valence-corrected chi connectivity index (χ2v) is 15.3. The fourth-order valence-corrected chi connectivity index (χ4v) is 7.92. The zero-order valence-corrected chi connectivity index (χ0v) is 31.5. The van der Waals surface area contributed by atoms with Crippen LogP contribution in [0.1, 0.15) is 59.9 Å². The zero-order valence-electron chi connectivity index (χ0n) is 31.5. The van der Waals surface area contributed by atoms with Crippen LogP contribution in [0.3, 0.4) is 0 Å². The summed E-state index contributed by atoms with van der Waals surface area (Å²) in [6.07, 6.45) is -0.490. The molecule has 1 saturated carbocycles. The maximum absolute atomic E-state index is 15.8. The van der Waals surface area contributed by atoms with Gasteiger partial charge < -0.3 is 14.8 Å². The molecule has 1 unspecified atom stereocenters. The van der Waals surface area contributed by atoms with Crippen LogP contribution in [-0.4, -0.2) is 73.2 Å². The van der Waals surface area contributed by atoms with Gasteiger partial charge in [-0.3, -0.25) is 23.7 Å². The molecule has 59 heavy (non-hydrogen) atoms. The number of rotatable bonds is 9. The minimum atomic E-state index is -4.94. The summed E-state index contributed by atoms with van der Waals surface area (Å²) in [7, 11) is 2.81. The van der Waals surface area contributed by atoms with Gasteiger partial charge in [-0.05, 0) is 62.1 Å². The van der Waals surface area contributed by atoms with Crippen molar-refractivity contribution in [3.8, 4) is 22.5 Å². The van der Waals surface area contributed by atoms with Crippen LogP contribution in [0.5, 0.6) is 0 Å². The molecule has 2 amide bonds. The van der Waals surface area contributed by atoms with Crippen LogP contribution in [0.2, 0.25) is 0 Å². The normalized spacial score (nSPS) is 18.2. The number of aromatic nitrogens is 8. The van der Waals surface area contributed by atoms with Crippen molar-refractivity contribution in [2.24, 2.45) is 14.1 Å². The number of amides is 2. The van der Waals surface area contributed by atoms with Gasteiger partial charge in [-0.2, -0.15) is 37.2 Å². The minimum Gasteiger partial charge on any atom is -0.347 e. The Labute approximate surface area is 327 Å². The summed E-state index contributed by atoms with van der Waals surface area (Å²) in [6.45, 7) is -0.822. The quantitative estimate of drug-likeness (QED) is 0.184. The number of nitrogens with one attached hydrogen (secondary N) is 1. The Morgan fingerprint density at radius 1 is 0.983 bits per heavy atom. The standard InChI is InChI=1S/C38H32F8N10O3/c1-36(2,17-56-27(11-29(51-56)38(44,45)46)18-9-25(41)32(57)52(3)15-18)50-34(59)37(12-22(37)19-13-48-55(16-19)35(42)43)54-8-7-20-21(5-6-23(39)30(20)33(54)58)31-24(40)10-28-26(49-31)14-47-53(28)4/h5-6,9-11,13-16,22,35H,7-8,12,17H2,1-4H3,(H,50,59)/t22-,37?/m1/s1. The first-order chi connectivity index (χ1) is 27.7. The maximum Gasteiger partial charge on any atom is 0.435 e. The first-order valence-corrected chi connectivity index (χ1v) is 18.0. The van der Waals surface area contributed by atoms with Crippen molar-refractivity contribution in [3.63, 3.8) is 0 Å². The first-order valence-electron chi connectivity index (χ1n) is 18.0. The van der Waals surface area contributed by atoms with Crippen molar-refractivity contribution < 1.29 is 44.7 Å². The molecule has 0 spiro atoms. The Kier molecular flexibility index (Phi) is 9.08. The van der Waals surface area contributed by atoms with Crippen LogP contribution in [0.15, 0.2) is 59.9 Å². The molecule has 21 heteroatoms. The molecular formula is C38H32F8N10O3. The van der Waals surface area contributed by atoms with Crippen molar-refractivity contribution in [1.82, 2.24) is 49.1 Å². The molecule has 1 N–H and O–H groups in total. The summed E-state index contributed by atoms with van der Waals surface area (Å²) >= 11 is 0. The van der Waals surface area contributed by atoms with Gasteiger partial charge in [-0.25, -0.2) is 22.8 Å². The average molecular weight is 829 g/mol. The average Bonchev–Trinajstić information content (AvgIpc) is 3.43. The van der Waals surface area contributed by atoms with E-state index in [1.54, 1.807) is 7.05 Å². The number of nitrogens with zero attached hydrogens (tertiary/aromatic N) is 9. The highest BCUT2D eigenvalue weighted by atomic mass is 19.4. The van der Waals surface area contributed by atoms with Gasteiger partial charge in [0, 0.05) is 56.1 Å². The second-order valence-electron chi connectivity index (χ2n) is 15.3. The lowest BCUT2D eigenvalue weighted by molar-refractivity contribution is -0.141. The van der Waals surface area contributed by atoms with Gasteiger partial charge >= 0.3 is 12.7 Å². The van der Waals surface area contributed by atoms with Gasteiger partial charge in [-0.1, -0.05) is 0 Å². The van der Waals surface area contributed by atoms with Crippen LogP contribution < -0.4 is 10.9 Å². The molecule has 0 radical (unpaired) electrons. The largest absolute Gasteiger partial charge is 0.435 e. The number of aryl methyl sites for hydroxylation is 2. The highest BCUT2D eigenvalue weighted by Crippen LogP contribution is 2.57. The molecule has 6 heterocycles. The highest BCUT2D eigenvalue weighted by molar-refractivity contribution is 6.04. The number of carbonyl (C=O) groups is 2. The summed E-state index contributed by atoms with van der Waals surface area (Å²) in [6, 6.07) is 4.91. The Bertz CT molecular complexity index is 2740. The molecule has 0 saturated heterocycles. The van der Waals surface area contributed by atoms with Crippen molar-refractivity contribution in [2.45, 2.75) is 63.0 Å². The van der Waals surface area contributed by atoms with E-state index in [9.17, 15) is 40.7 Å². The fraction of sp³-hybridized carbons (Fsp3) is 0.342. The SMILES string of the molecule is Cn1cc(-c2cc(C(F)(F)F)nn2CC(C)(C)NC(=O)C2(N3CCc4c(-c5nc6cnn(C)c6cc5F)ccc(F)c4C3=O)C[C@@H]2c2cnn(C(F)F)c2)cc(F)c1=O. The number of pyridine rings is 2. The zero-order chi connectivity index (χ0) is 42.5. The van der Waals surface area contributed by atoms with Gasteiger partial charge in [0.25, 0.3) is 11.5 Å². The van der Waals surface area contributed by atoms with Crippen molar-refractivity contribution in [2.75, 3.05) is 6.54 Å². The van der Waals surface area contributed by atoms with E-state index in [0.29, 0.717) is 21.8 Å². The summed E-state index contributed by atoms with van der Waals surface area (Å²) in [4.78, 5) is 46.7. The van der Waals surface area contributed by atoms with E-state index < -0.39 is 82.3 Å². The highest BCUT2D eigenvalue weighted by Gasteiger charge is 2.67. The molecular weight excluding hydrogens is 796 g/mol. The molecule has 1 aliphatic heterocycles. The lowest BCUT2D eigenvalue weighted by atomic mass is 9.89. The number of benzene rings is 1. The van der Waals surface area contributed by atoms with Gasteiger partial charge in [0.15, 0.2) is 17.3 Å². The van der Waals surface area contributed by atoms with E-state index >= 15 is 8.78 Å². The number of hydrogen-bond acceptors (Lipinski definition) is 7. The molecule has 2 atom stereocenters. The number of carbonyl (C=O) groups excluding carboxylic acids is 2. The molecule has 13 nitrogen and oxygen atoms in total. The third kappa shape index (κ3) is 6.61. The van der Waals surface area contributed by atoms with Crippen molar-refractivity contribution in [1.29, 1.82) is 0 Å². The third-order valence-electron chi connectivity index (χ3n) is 10.8. The number of alkyl halides is 5. The molecule has 2 aliphatic rings. The number of fused-ring (bicyclic) bond motifs is 2. The van der Waals surface area contributed by atoms with Crippen LogP contribution in [0.4, 0.5) is 35.1 Å². The first kappa shape index (κ1) is 39.4. The summed E-state index contributed by atoms with van der Waals surface area (Å²) < 4.78 is 118. The third-order valence-corrected chi connectivity index (χ3v) is 10.8. The van der Waals surface area contributed by atoms with E-state index in [1.807, 2.05) is 0 Å². The Morgan fingerprint density at radius 3 is 2.41 bits per heavy atom. The molecule has 0 bridgehead atoms. The minimum absolute atomic E-state index is 0.0885. The monoisotopic (exact) mass is 828 g/mol. The molecule has 5 aromatic heterocycles. The predicted octanol–water partition coefficient (Wildman–Crippen LogP) is 5.74. The maximum atomic E-state index is 15.8. The van der Waals surface area contributed by atoms with E-state index in [0.717, 1.165) is 44.9 Å². The molecule has 1 aliphatic carbocycles. The van der Waals surface area contributed by atoms with E-state index in [-0.39, 0.29) is 53.0 Å². The predicted molar refractivity (Wildman–Crippen MR) is 192 cm³/mol. The van der Waals surface area contributed by atoms with Gasteiger partial charge in [-0.15, -0.1) is 0 Å².